The van der Waals surface area contributed by atoms with Crippen LogP contribution in [0.1, 0.15) is 85.1 Å². The Kier molecular flexibility index (Phi) is 21.0. The Hall–Kier alpha value is -3.59. The molecule has 1 aromatic carbocycles. The molecule has 9 unspecified atom stereocenters. The third-order valence-corrected chi connectivity index (χ3v) is 11.4. The normalized spacial score (nSPS) is 18.7. The Morgan fingerprint density at radius 2 is 1.55 bits per heavy atom. The first-order valence-electron chi connectivity index (χ1n) is 20.3. The Labute approximate surface area is 335 Å². The number of likely N-dealkylation sites (N-methyl/N-ethyl adjacent to an activating group) is 2. The number of methoxy groups -OCH3 is 3. The van der Waals surface area contributed by atoms with Gasteiger partial charge in [-0.25, -0.2) is 4.79 Å². The van der Waals surface area contributed by atoms with Crippen molar-refractivity contribution in [1.82, 2.24) is 25.3 Å². The SMILES string of the molecule is CCC(C)C(C(CC(=O)N1CCCC1C(OC)C(C)C(=O)NC(Cc1ccccc1)C(=O)OC)OC)N(C)C(=O)C(CCCCN)NC(=O)C(C(C)C)N(C)C. The topological polar surface area (TPSA) is 173 Å². The predicted octanol–water partition coefficient (Wildman–Crippen LogP) is 3.01. The Balaban J connectivity index is 2.30. The van der Waals surface area contributed by atoms with Crippen LogP contribution in [0.3, 0.4) is 0 Å². The molecule has 318 valence electrons. The highest BCUT2D eigenvalue weighted by atomic mass is 16.5. The maximum absolute atomic E-state index is 14.4. The van der Waals surface area contributed by atoms with E-state index < -0.39 is 54.3 Å². The smallest absolute Gasteiger partial charge is 0.328 e. The van der Waals surface area contributed by atoms with Gasteiger partial charge in [0, 0.05) is 34.2 Å². The lowest BCUT2D eigenvalue weighted by molar-refractivity contribution is -0.148. The van der Waals surface area contributed by atoms with Crippen molar-refractivity contribution >= 4 is 29.6 Å². The summed E-state index contributed by atoms with van der Waals surface area (Å²) in [4.78, 5) is 73.8. The van der Waals surface area contributed by atoms with Crippen LogP contribution in [0.15, 0.2) is 30.3 Å². The highest BCUT2D eigenvalue weighted by Crippen LogP contribution is 2.30. The van der Waals surface area contributed by atoms with Crippen LogP contribution in [0.5, 0.6) is 0 Å². The van der Waals surface area contributed by atoms with E-state index in [2.05, 4.69) is 10.6 Å². The number of nitrogens with zero attached hydrogens (tertiary/aromatic N) is 3. The number of rotatable bonds is 24. The second-order valence-corrected chi connectivity index (χ2v) is 15.9. The standard InChI is InChI=1S/C42H72N6O8/c1-12-28(4)37(47(8)41(52)31(21-16-17-23-43)44-40(51)36(27(2)3)46(6)7)34(54-9)26-35(49)48-24-18-22-33(48)38(55-10)29(5)39(50)45-32(42(53)56-11)25-30-19-14-13-15-20-30/h13-15,19-20,27-29,31-34,36-38H,12,16-18,21-26,43H2,1-11H3,(H,44,51)(H,45,50). The van der Waals surface area contributed by atoms with Crippen LogP contribution in [0.25, 0.3) is 0 Å². The molecule has 1 saturated heterocycles. The lowest BCUT2D eigenvalue weighted by Crippen LogP contribution is -2.58. The Bertz CT molecular complexity index is 1370. The first-order chi connectivity index (χ1) is 26.6. The number of benzene rings is 1. The number of amides is 4. The van der Waals surface area contributed by atoms with Crippen LogP contribution < -0.4 is 16.4 Å². The molecule has 1 aliphatic heterocycles. The number of carbonyl (C=O) groups excluding carboxylic acids is 5. The Morgan fingerprint density at radius 1 is 0.911 bits per heavy atom. The van der Waals surface area contributed by atoms with E-state index in [1.165, 1.54) is 14.2 Å². The summed E-state index contributed by atoms with van der Waals surface area (Å²) in [5.41, 5.74) is 6.66. The minimum absolute atomic E-state index is 0.00161. The molecule has 4 N–H and O–H groups in total. The van der Waals surface area contributed by atoms with Gasteiger partial charge in [-0.05, 0) is 70.1 Å². The van der Waals surface area contributed by atoms with E-state index in [4.69, 9.17) is 19.9 Å². The van der Waals surface area contributed by atoms with Gasteiger partial charge in [-0.1, -0.05) is 71.4 Å². The third kappa shape index (κ3) is 13.5. The number of nitrogens with one attached hydrogen (secondary N) is 2. The van der Waals surface area contributed by atoms with Crippen molar-refractivity contribution in [3.8, 4) is 0 Å². The van der Waals surface area contributed by atoms with Crippen LogP contribution >= 0.6 is 0 Å². The molecule has 1 aromatic rings. The molecule has 0 bridgehead atoms. The molecule has 1 heterocycles. The van der Waals surface area contributed by atoms with E-state index in [0.717, 1.165) is 18.4 Å². The largest absolute Gasteiger partial charge is 0.467 e. The lowest BCUT2D eigenvalue weighted by atomic mass is 9.89. The molecule has 0 radical (unpaired) electrons. The van der Waals surface area contributed by atoms with E-state index in [1.54, 1.807) is 30.9 Å². The van der Waals surface area contributed by atoms with Crippen LogP contribution in [-0.4, -0.2) is 142 Å². The van der Waals surface area contributed by atoms with Gasteiger partial charge in [-0.15, -0.1) is 0 Å². The molecule has 0 saturated carbocycles. The first kappa shape index (κ1) is 48.6. The van der Waals surface area contributed by atoms with Crippen molar-refractivity contribution in [1.29, 1.82) is 0 Å². The second kappa shape index (κ2) is 24.2. The molecule has 0 spiro atoms. The molecule has 14 heteroatoms. The van der Waals surface area contributed by atoms with E-state index in [-0.39, 0.29) is 48.3 Å². The summed E-state index contributed by atoms with van der Waals surface area (Å²) in [6.07, 6.45) is 2.85. The van der Waals surface area contributed by atoms with Crippen molar-refractivity contribution in [3.05, 3.63) is 35.9 Å². The van der Waals surface area contributed by atoms with Gasteiger partial charge in [0.1, 0.15) is 12.1 Å². The molecule has 4 amide bonds. The van der Waals surface area contributed by atoms with E-state index in [9.17, 15) is 24.0 Å². The summed E-state index contributed by atoms with van der Waals surface area (Å²) >= 11 is 0. The second-order valence-electron chi connectivity index (χ2n) is 15.9. The van der Waals surface area contributed by atoms with Gasteiger partial charge < -0.3 is 40.4 Å². The lowest BCUT2D eigenvalue weighted by Gasteiger charge is -2.40. The van der Waals surface area contributed by atoms with Crippen LogP contribution in [0.4, 0.5) is 0 Å². The maximum Gasteiger partial charge on any atom is 0.328 e. The first-order valence-corrected chi connectivity index (χ1v) is 20.3. The molecule has 9 atom stereocenters. The zero-order valence-corrected chi connectivity index (χ0v) is 35.9. The highest BCUT2D eigenvalue weighted by Gasteiger charge is 2.43. The van der Waals surface area contributed by atoms with Gasteiger partial charge in [-0.2, -0.15) is 0 Å². The maximum atomic E-state index is 14.4. The summed E-state index contributed by atoms with van der Waals surface area (Å²) in [7, 11) is 9.79. The number of ether oxygens (including phenoxy) is 3. The van der Waals surface area contributed by atoms with Gasteiger partial charge in [0.15, 0.2) is 0 Å². The van der Waals surface area contributed by atoms with E-state index in [0.29, 0.717) is 38.8 Å². The molecule has 0 aromatic heterocycles. The molecule has 1 aliphatic rings. The predicted molar refractivity (Wildman–Crippen MR) is 217 cm³/mol. The van der Waals surface area contributed by atoms with Gasteiger partial charge in [0.25, 0.3) is 0 Å². The molecular formula is C42H72N6O8. The van der Waals surface area contributed by atoms with E-state index in [1.807, 2.05) is 77.0 Å². The van der Waals surface area contributed by atoms with Crippen molar-refractivity contribution in [2.75, 3.05) is 55.6 Å². The van der Waals surface area contributed by atoms with E-state index >= 15 is 0 Å². The number of nitrogens with two attached hydrogens (primary N) is 1. The number of unbranched alkanes of at least 4 members (excludes halogenated alkanes) is 1. The quantitative estimate of drug-likeness (QED) is 0.105. The van der Waals surface area contributed by atoms with Crippen molar-refractivity contribution in [2.45, 2.75) is 128 Å². The summed E-state index contributed by atoms with van der Waals surface area (Å²) < 4.78 is 17.0. The van der Waals surface area contributed by atoms with Crippen molar-refractivity contribution < 1.29 is 38.2 Å². The number of likely N-dealkylation sites (tertiary alicyclic amines) is 1. The molecule has 56 heavy (non-hydrogen) atoms. The summed E-state index contributed by atoms with van der Waals surface area (Å²) in [5, 5.41) is 5.91. The highest BCUT2D eigenvalue weighted by molar-refractivity contribution is 5.90. The van der Waals surface area contributed by atoms with Gasteiger partial charge in [0.2, 0.25) is 23.6 Å². The average Bonchev–Trinajstić information content (AvgIpc) is 3.66. The minimum Gasteiger partial charge on any atom is -0.467 e. The summed E-state index contributed by atoms with van der Waals surface area (Å²) in [6, 6.07) is 6.42. The molecule has 14 nitrogen and oxygen atoms in total. The number of carbonyl (C=O) groups is 5. The zero-order chi connectivity index (χ0) is 42.1. The molecule has 0 aliphatic carbocycles. The summed E-state index contributed by atoms with van der Waals surface area (Å²) in [6.45, 7) is 10.7. The summed E-state index contributed by atoms with van der Waals surface area (Å²) in [5.74, 6) is -2.28. The Morgan fingerprint density at radius 3 is 2.09 bits per heavy atom. The van der Waals surface area contributed by atoms with Crippen LogP contribution in [0, 0.1) is 17.8 Å². The van der Waals surface area contributed by atoms with Crippen molar-refractivity contribution in [3.63, 3.8) is 0 Å². The number of hydrogen-bond donors (Lipinski definition) is 3. The molecular weight excluding hydrogens is 716 g/mol. The molecule has 2 rings (SSSR count). The monoisotopic (exact) mass is 789 g/mol. The fourth-order valence-corrected chi connectivity index (χ4v) is 8.18. The zero-order valence-electron chi connectivity index (χ0n) is 35.9. The average molecular weight is 789 g/mol. The van der Waals surface area contributed by atoms with Crippen LogP contribution in [-0.2, 0) is 44.6 Å². The van der Waals surface area contributed by atoms with Crippen molar-refractivity contribution in [2.24, 2.45) is 23.5 Å². The van der Waals surface area contributed by atoms with Gasteiger partial charge in [0.05, 0.1) is 49.8 Å². The number of esters is 1. The minimum atomic E-state index is -0.894. The number of hydrogen-bond acceptors (Lipinski definition) is 10. The molecule has 1 fully saturated rings. The van der Waals surface area contributed by atoms with Gasteiger partial charge in [-0.3, -0.25) is 24.1 Å². The fourth-order valence-electron chi connectivity index (χ4n) is 8.18. The fraction of sp³-hybridized carbons (Fsp3) is 0.738. The third-order valence-electron chi connectivity index (χ3n) is 11.4. The van der Waals surface area contributed by atoms with Gasteiger partial charge >= 0.3 is 5.97 Å². The van der Waals surface area contributed by atoms with Crippen LogP contribution in [0.2, 0.25) is 0 Å².